The number of rotatable bonds is 26. The molecule has 0 spiro atoms. The third-order valence-corrected chi connectivity index (χ3v) is 10.4. The van der Waals surface area contributed by atoms with Crippen LogP contribution in [0, 0.1) is 0 Å². The Balaban J connectivity index is 1.36. The second-order valence-corrected chi connectivity index (χ2v) is 15.0. The molecule has 0 saturated heterocycles. The van der Waals surface area contributed by atoms with Crippen LogP contribution in [0.15, 0.2) is 12.7 Å². The molecule has 0 amide bonds. The first-order chi connectivity index (χ1) is 19.4. The zero-order chi connectivity index (χ0) is 28.9. The minimum atomic E-state index is -3.79. The molecule has 2 aromatic heterocycles. The van der Waals surface area contributed by atoms with E-state index in [1.807, 2.05) is 28.5 Å². The number of nitrogen functional groups attached to an aromatic ring is 1. The van der Waals surface area contributed by atoms with Crippen LogP contribution < -0.4 is 5.73 Å². The number of anilines is 1. The first-order valence-electron chi connectivity index (χ1n) is 15.2. The van der Waals surface area contributed by atoms with Gasteiger partial charge in [0.1, 0.15) is 18.2 Å². The summed E-state index contributed by atoms with van der Waals surface area (Å²) in [5.41, 5.74) is 6.94. The molecule has 1 unspecified atom stereocenters. The van der Waals surface area contributed by atoms with Crippen molar-refractivity contribution in [2.24, 2.45) is 0 Å². The van der Waals surface area contributed by atoms with Gasteiger partial charge in [-0.1, -0.05) is 112 Å². The van der Waals surface area contributed by atoms with Crippen LogP contribution in [0.3, 0.4) is 0 Å². The van der Waals surface area contributed by atoms with Crippen molar-refractivity contribution in [1.82, 2.24) is 19.5 Å². The molecule has 0 saturated carbocycles. The lowest BCUT2D eigenvalue weighted by Gasteiger charge is -2.17. The minimum absolute atomic E-state index is 0.250. The molecule has 0 aliphatic heterocycles. The predicted octanol–water partition coefficient (Wildman–Crippen LogP) is 8.23. The molecule has 0 aliphatic carbocycles. The van der Waals surface area contributed by atoms with Crippen molar-refractivity contribution in [1.29, 1.82) is 0 Å². The molecule has 2 rings (SSSR count). The molecular formula is C28H52N5O4PS2. The van der Waals surface area contributed by atoms with Gasteiger partial charge in [-0.05, 0) is 19.8 Å². The summed E-state index contributed by atoms with van der Waals surface area (Å²) in [7, 11) is -0.0840. The summed E-state index contributed by atoms with van der Waals surface area (Å²) in [4.78, 5) is 22.4. The molecule has 2 aromatic rings. The molecule has 2 heterocycles. The highest BCUT2D eigenvalue weighted by Crippen LogP contribution is 2.42. The van der Waals surface area contributed by atoms with Crippen LogP contribution in [0.4, 0.5) is 5.82 Å². The first kappa shape index (κ1) is 35.4. The monoisotopic (exact) mass is 617 g/mol. The highest BCUT2D eigenvalue weighted by atomic mass is 33.1. The fourth-order valence-corrected chi connectivity index (χ4v) is 7.56. The van der Waals surface area contributed by atoms with Crippen molar-refractivity contribution in [2.75, 3.05) is 30.2 Å². The second-order valence-electron chi connectivity index (χ2n) is 10.5. The van der Waals surface area contributed by atoms with Crippen molar-refractivity contribution in [3.63, 3.8) is 0 Å². The van der Waals surface area contributed by atoms with Gasteiger partial charge < -0.3 is 24.5 Å². The number of ether oxygens (including phenoxy) is 1. The number of imidazole rings is 1. The quantitative estimate of drug-likeness (QED) is 0.0605. The molecule has 0 radical (unpaired) electrons. The summed E-state index contributed by atoms with van der Waals surface area (Å²) in [5, 5.41) is 0. The van der Waals surface area contributed by atoms with Crippen LogP contribution in [0.2, 0.25) is 0 Å². The normalized spacial score (nSPS) is 14.1. The summed E-state index contributed by atoms with van der Waals surface area (Å²) < 4.78 is 24.9. The van der Waals surface area contributed by atoms with Gasteiger partial charge in [0.05, 0.1) is 25.6 Å². The van der Waals surface area contributed by atoms with E-state index in [0.717, 1.165) is 12.2 Å². The maximum absolute atomic E-state index is 12.3. The van der Waals surface area contributed by atoms with Gasteiger partial charge in [-0.15, -0.1) is 0 Å². The van der Waals surface area contributed by atoms with Crippen molar-refractivity contribution in [2.45, 2.75) is 123 Å². The first-order valence-corrected chi connectivity index (χ1v) is 19.4. The van der Waals surface area contributed by atoms with Gasteiger partial charge in [0.15, 0.2) is 11.5 Å². The molecule has 230 valence electrons. The number of hydrogen-bond donors (Lipinski definition) is 2. The second kappa shape index (κ2) is 21.8. The van der Waals surface area contributed by atoms with Gasteiger partial charge in [0, 0.05) is 11.5 Å². The molecule has 0 aliphatic rings. The van der Waals surface area contributed by atoms with Crippen LogP contribution in [-0.4, -0.2) is 55.0 Å². The van der Waals surface area contributed by atoms with Gasteiger partial charge in [-0.2, -0.15) is 0 Å². The van der Waals surface area contributed by atoms with E-state index >= 15 is 0 Å². The maximum Gasteiger partial charge on any atom is 0.353 e. The van der Waals surface area contributed by atoms with Gasteiger partial charge in [0.2, 0.25) is 0 Å². The largest absolute Gasteiger partial charge is 0.382 e. The average Bonchev–Trinajstić information content (AvgIpc) is 3.34. The lowest BCUT2D eigenvalue weighted by Crippen LogP contribution is -2.17. The van der Waals surface area contributed by atoms with E-state index in [9.17, 15) is 9.46 Å². The fourth-order valence-electron chi connectivity index (χ4n) is 4.42. The van der Waals surface area contributed by atoms with Crippen molar-refractivity contribution >= 4 is 46.2 Å². The highest BCUT2D eigenvalue weighted by Gasteiger charge is 2.21. The zero-order valence-electron chi connectivity index (χ0n) is 24.7. The molecule has 0 aromatic carbocycles. The Kier molecular flexibility index (Phi) is 19.3. The summed E-state index contributed by atoms with van der Waals surface area (Å²) in [6.45, 7) is 4.77. The average molecular weight is 618 g/mol. The van der Waals surface area contributed by atoms with E-state index in [2.05, 4.69) is 21.9 Å². The highest BCUT2D eigenvalue weighted by molar-refractivity contribution is 8.76. The van der Waals surface area contributed by atoms with Gasteiger partial charge >= 0.3 is 7.60 Å². The summed E-state index contributed by atoms with van der Waals surface area (Å²) in [5.74, 6) is 2.38. The van der Waals surface area contributed by atoms with Crippen LogP contribution in [0.5, 0.6) is 0 Å². The van der Waals surface area contributed by atoms with Crippen LogP contribution in [0.1, 0.15) is 110 Å². The molecule has 9 nitrogen and oxygen atoms in total. The number of fused-ring (bicyclic) bond motifs is 1. The summed E-state index contributed by atoms with van der Waals surface area (Å²) in [6, 6.07) is 0. The van der Waals surface area contributed by atoms with E-state index in [0.29, 0.717) is 23.5 Å². The Morgan fingerprint density at radius 2 is 1.48 bits per heavy atom. The van der Waals surface area contributed by atoms with Crippen LogP contribution in [0.25, 0.3) is 11.2 Å². The standard InChI is InChI=1S/C28H52N5O4PS2/c1-3-4-5-6-7-8-9-10-11-12-13-14-15-16-19-39-40-20-17-18-37-38(34,35)24-36-25(2)21-33-23-32-26-27(29)30-22-31-28(26)33/h22-23,25H,3-21,24H2,1-2H3,(H,34,35)(H2,29,30,31)/t25-/m1/s1. The lowest BCUT2D eigenvalue weighted by molar-refractivity contribution is 0.0718. The number of hydrogen-bond acceptors (Lipinski definition) is 9. The van der Waals surface area contributed by atoms with Gasteiger partial charge in [0.25, 0.3) is 0 Å². The van der Waals surface area contributed by atoms with E-state index < -0.39 is 7.60 Å². The number of nitrogens with two attached hydrogens (primary N) is 1. The van der Waals surface area contributed by atoms with Crippen molar-refractivity contribution in [3.8, 4) is 0 Å². The van der Waals surface area contributed by atoms with Crippen LogP contribution >= 0.6 is 29.2 Å². The topological polar surface area (TPSA) is 125 Å². The Morgan fingerprint density at radius 3 is 2.10 bits per heavy atom. The maximum atomic E-state index is 12.3. The number of unbranched alkanes of at least 4 members (excludes halogenated alkanes) is 13. The molecule has 2 atom stereocenters. The zero-order valence-corrected chi connectivity index (χ0v) is 27.2. The molecule has 3 N–H and O–H groups in total. The summed E-state index contributed by atoms with van der Waals surface area (Å²) >= 11 is 0. The molecule has 40 heavy (non-hydrogen) atoms. The Labute approximate surface area is 249 Å². The SMILES string of the molecule is CCCCCCCCCCCCCCCCSSCCCOP(=O)(O)CO[C@H](C)Cn1cnc2c(N)ncnc21. The Bertz CT molecular complexity index is 968. The molecule has 0 fully saturated rings. The van der Waals surface area contributed by atoms with E-state index in [4.69, 9.17) is 15.0 Å². The van der Waals surface area contributed by atoms with Gasteiger partial charge in [-0.3, -0.25) is 4.57 Å². The molecule has 0 bridgehead atoms. The van der Waals surface area contributed by atoms with E-state index in [1.54, 1.807) is 10.9 Å². The molecular weight excluding hydrogens is 565 g/mol. The number of nitrogens with zero attached hydrogens (tertiary/aromatic N) is 4. The van der Waals surface area contributed by atoms with Crippen molar-refractivity contribution in [3.05, 3.63) is 12.7 Å². The predicted molar refractivity (Wildman–Crippen MR) is 171 cm³/mol. The van der Waals surface area contributed by atoms with Gasteiger partial charge in [-0.25, -0.2) is 15.0 Å². The smallest absolute Gasteiger partial charge is 0.353 e. The van der Waals surface area contributed by atoms with Crippen molar-refractivity contribution < 1.29 is 18.7 Å². The van der Waals surface area contributed by atoms with E-state index in [-0.39, 0.29) is 19.1 Å². The third kappa shape index (κ3) is 16.0. The Hall–Kier alpha value is -0.840. The molecule has 12 heteroatoms. The summed E-state index contributed by atoms with van der Waals surface area (Å²) in [6.07, 6.45) is 22.4. The minimum Gasteiger partial charge on any atom is -0.382 e. The number of aromatic nitrogens is 4. The fraction of sp³-hybridized carbons (Fsp3) is 0.821. The third-order valence-electron chi connectivity index (χ3n) is 6.74. The lowest BCUT2D eigenvalue weighted by atomic mass is 10.0. The Morgan fingerprint density at radius 1 is 0.900 bits per heavy atom. The van der Waals surface area contributed by atoms with E-state index in [1.165, 1.54) is 102 Å². The van der Waals surface area contributed by atoms with Crippen LogP contribution in [-0.2, 0) is 20.4 Å².